The van der Waals surface area contributed by atoms with E-state index in [2.05, 4.69) is 4.90 Å². The van der Waals surface area contributed by atoms with E-state index in [1.165, 1.54) is 0 Å². The molecule has 1 aromatic rings. The molecule has 4 heteroatoms. The van der Waals surface area contributed by atoms with Gasteiger partial charge < -0.3 is 5.11 Å². The maximum Gasteiger partial charge on any atom is 0.0920 e. The number of likely N-dealkylation sites (tertiary alicyclic amines) is 1. The lowest BCUT2D eigenvalue weighted by Crippen LogP contribution is -2.43. The Labute approximate surface area is 105 Å². The van der Waals surface area contributed by atoms with Crippen molar-refractivity contribution >= 4 is 10.8 Å². The van der Waals surface area contributed by atoms with Gasteiger partial charge in [-0.25, -0.2) is 0 Å². The van der Waals surface area contributed by atoms with Gasteiger partial charge in [-0.15, -0.1) is 0 Å². The lowest BCUT2D eigenvalue weighted by Gasteiger charge is -2.38. The molecule has 1 aromatic carbocycles. The smallest absolute Gasteiger partial charge is 0.0920 e. The molecule has 1 N–H and O–H groups in total. The fourth-order valence-electron chi connectivity index (χ4n) is 2.35. The SMILES string of the molecule is CS(=O)CN1CCC(O)(c2ccccc2)CC1. The minimum absolute atomic E-state index is 0.616. The fourth-order valence-corrected chi connectivity index (χ4v) is 3.12. The van der Waals surface area contributed by atoms with Gasteiger partial charge in [0.1, 0.15) is 0 Å². The van der Waals surface area contributed by atoms with Gasteiger partial charge in [-0.3, -0.25) is 9.11 Å². The molecule has 0 bridgehead atoms. The minimum Gasteiger partial charge on any atom is -0.385 e. The van der Waals surface area contributed by atoms with Crippen LogP contribution in [0, 0.1) is 0 Å². The first kappa shape index (κ1) is 12.7. The lowest BCUT2D eigenvalue weighted by atomic mass is 9.85. The van der Waals surface area contributed by atoms with Gasteiger partial charge in [-0.05, 0) is 18.4 Å². The molecule has 0 radical (unpaired) electrons. The van der Waals surface area contributed by atoms with Crippen LogP contribution in [-0.4, -0.2) is 39.4 Å². The van der Waals surface area contributed by atoms with Gasteiger partial charge in [0.25, 0.3) is 0 Å². The Kier molecular flexibility index (Phi) is 3.97. The molecule has 1 saturated heterocycles. The summed E-state index contributed by atoms with van der Waals surface area (Å²) in [5.74, 6) is 0.616. The van der Waals surface area contributed by atoms with Crippen LogP contribution < -0.4 is 0 Å². The van der Waals surface area contributed by atoms with Gasteiger partial charge in [-0.1, -0.05) is 30.3 Å². The third-order valence-electron chi connectivity index (χ3n) is 3.36. The van der Waals surface area contributed by atoms with Gasteiger partial charge in [-0.2, -0.15) is 0 Å². The quantitative estimate of drug-likeness (QED) is 0.883. The largest absolute Gasteiger partial charge is 0.385 e. The van der Waals surface area contributed by atoms with Crippen molar-refractivity contribution in [2.75, 3.05) is 25.2 Å². The van der Waals surface area contributed by atoms with Crippen LogP contribution in [0.2, 0.25) is 0 Å². The fraction of sp³-hybridized carbons (Fsp3) is 0.538. The second kappa shape index (κ2) is 5.29. The molecule has 0 aliphatic carbocycles. The summed E-state index contributed by atoms with van der Waals surface area (Å²) in [5, 5.41) is 10.6. The van der Waals surface area contributed by atoms with E-state index in [-0.39, 0.29) is 0 Å². The van der Waals surface area contributed by atoms with Gasteiger partial charge in [0.2, 0.25) is 0 Å². The third-order valence-corrected chi connectivity index (χ3v) is 4.09. The molecule has 1 aliphatic heterocycles. The highest BCUT2D eigenvalue weighted by molar-refractivity contribution is 7.84. The summed E-state index contributed by atoms with van der Waals surface area (Å²) in [6, 6.07) is 9.84. The Morgan fingerprint density at radius 1 is 1.29 bits per heavy atom. The molecule has 3 nitrogen and oxygen atoms in total. The van der Waals surface area contributed by atoms with Crippen LogP contribution in [0.15, 0.2) is 30.3 Å². The van der Waals surface area contributed by atoms with E-state index in [9.17, 15) is 9.32 Å². The zero-order valence-corrected chi connectivity index (χ0v) is 10.9. The molecule has 1 unspecified atom stereocenters. The van der Waals surface area contributed by atoms with Crippen molar-refractivity contribution in [3.05, 3.63) is 35.9 Å². The second-order valence-electron chi connectivity index (χ2n) is 4.72. The molecule has 0 spiro atoms. The summed E-state index contributed by atoms with van der Waals surface area (Å²) < 4.78 is 11.2. The highest BCUT2D eigenvalue weighted by atomic mass is 32.2. The summed E-state index contributed by atoms with van der Waals surface area (Å²) >= 11 is 0. The number of rotatable bonds is 3. The molecule has 1 atom stereocenters. The van der Waals surface area contributed by atoms with E-state index in [0.717, 1.165) is 18.7 Å². The lowest BCUT2D eigenvalue weighted by molar-refractivity contribution is -0.0218. The predicted octanol–water partition coefficient (Wildman–Crippen LogP) is 1.31. The molecular formula is C13H19NO2S. The van der Waals surface area contributed by atoms with E-state index in [0.29, 0.717) is 18.7 Å². The van der Waals surface area contributed by atoms with Crippen LogP contribution in [0.5, 0.6) is 0 Å². The zero-order chi connectivity index (χ0) is 12.3. The van der Waals surface area contributed by atoms with Gasteiger partial charge in [0.05, 0.1) is 11.5 Å². The van der Waals surface area contributed by atoms with E-state index < -0.39 is 16.4 Å². The van der Waals surface area contributed by atoms with Crippen LogP contribution in [-0.2, 0) is 16.4 Å². The van der Waals surface area contributed by atoms with Crippen LogP contribution in [0.25, 0.3) is 0 Å². The number of piperidine rings is 1. The third kappa shape index (κ3) is 3.15. The van der Waals surface area contributed by atoms with Crippen LogP contribution in [0.4, 0.5) is 0 Å². The van der Waals surface area contributed by atoms with Crippen molar-refractivity contribution in [2.45, 2.75) is 18.4 Å². The maximum absolute atomic E-state index is 11.2. The molecule has 2 rings (SSSR count). The van der Waals surface area contributed by atoms with Gasteiger partial charge >= 0.3 is 0 Å². The monoisotopic (exact) mass is 253 g/mol. The summed E-state index contributed by atoms with van der Waals surface area (Å²) in [6.07, 6.45) is 3.15. The van der Waals surface area contributed by atoms with Gasteiger partial charge in [0, 0.05) is 30.1 Å². The molecular weight excluding hydrogens is 234 g/mol. The van der Waals surface area contributed by atoms with Crippen molar-refractivity contribution < 1.29 is 9.32 Å². The first-order valence-corrected chi connectivity index (χ1v) is 7.63. The summed E-state index contributed by atoms with van der Waals surface area (Å²) in [7, 11) is -0.788. The number of nitrogens with zero attached hydrogens (tertiary/aromatic N) is 1. The van der Waals surface area contributed by atoms with Crippen molar-refractivity contribution in [2.24, 2.45) is 0 Å². The first-order chi connectivity index (χ1) is 8.10. The van der Waals surface area contributed by atoms with Gasteiger partial charge in [0.15, 0.2) is 0 Å². The Bertz CT molecular complexity index is 386. The molecule has 17 heavy (non-hydrogen) atoms. The molecule has 1 fully saturated rings. The molecule has 0 amide bonds. The molecule has 94 valence electrons. The molecule has 0 aromatic heterocycles. The zero-order valence-electron chi connectivity index (χ0n) is 10.1. The number of hydrogen-bond acceptors (Lipinski definition) is 3. The minimum atomic E-state index is -0.788. The average Bonchev–Trinajstić information content (AvgIpc) is 2.33. The molecule has 0 saturated carbocycles. The van der Waals surface area contributed by atoms with E-state index in [1.54, 1.807) is 6.26 Å². The van der Waals surface area contributed by atoms with E-state index in [1.807, 2.05) is 30.3 Å². The second-order valence-corrected chi connectivity index (χ2v) is 6.12. The Hall–Kier alpha value is -0.710. The Balaban J connectivity index is 2.00. The standard InChI is InChI=1S/C13H19NO2S/c1-17(16)11-14-9-7-13(15,8-10-14)12-5-3-2-4-6-12/h2-6,15H,7-11H2,1H3. The first-order valence-electron chi connectivity index (χ1n) is 5.90. The van der Waals surface area contributed by atoms with Crippen molar-refractivity contribution in [3.8, 4) is 0 Å². The summed E-state index contributed by atoms with van der Waals surface area (Å²) in [4.78, 5) is 2.16. The topological polar surface area (TPSA) is 40.5 Å². The predicted molar refractivity (Wildman–Crippen MR) is 70.1 cm³/mol. The van der Waals surface area contributed by atoms with Crippen molar-refractivity contribution in [3.63, 3.8) is 0 Å². The van der Waals surface area contributed by atoms with Crippen molar-refractivity contribution in [1.29, 1.82) is 0 Å². The number of hydrogen-bond donors (Lipinski definition) is 1. The number of benzene rings is 1. The van der Waals surface area contributed by atoms with Crippen LogP contribution in [0.1, 0.15) is 18.4 Å². The van der Waals surface area contributed by atoms with Crippen LogP contribution in [0.3, 0.4) is 0 Å². The highest BCUT2D eigenvalue weighted by Crippen LogP contribution is 2.32. The molecule has 1 heterocycles. The normalized spacial score (nSPS) is 22.2. The molecule has 1 aliphatic rings. The van der Waals surface area contributed by atoms with E-state index in [4.69, 9.17) is 0 Å². The average molecular weight is 253 g/mol. The Morgan fingerprint density at radius 3 is 2.41 bits per heavy atom. The van der Waals surface area contributed by atoms with Crippen LogP contribution >= 0.6 is 0 Å². The highest BCUT2D eigenvalue weighted by Gasteiger charge is 2.33. The summed E-state index contributed by atoms with van der Waals surface area (Å²) in [5.41, 5.74) is 0.296. The van der Waals surface area contributed by atoms with Crippen molar-refractivity contribution in [1.82, 2.24) is 4.90 Å². The maximum atomic E-state index is 11.2. The Morgan fingerprint density at radius 2 is 1.88 bits per heavy atom. The number of aliphatic hydroxyl groups is 1. The summed E-state index contributed by atoms with van der Waals surface area (Å²) in [6.45, 7) is 1.62. The van der Waals surface area contributed by atoms with E-state index >= 15 is 0 Å².